The number of rotatable bonds is 5. The molecule has 4 nitrogen and oxygen atoms in total. The molecule has 2 aromatic carbocycles. The minimum Gasteiger partial charge on any atom is -0.398 e. The number of amides is 1. The SMILES string of the molecule is Nc1cc(Cl)ccc1S(=O)CC(=O)NCc1ccccc1. The Morgan fingerprint density at radius 1 is 1.19 bits per heavy atom. The second kappa shape index (κ2) is 7.24. The van der Waals surface area contributed by atoms with Crippen LogP contribution in [-0.2, 0) is 22.1 Å². The van der Waals surface area contributed by atoms with Crippen molar-refractivity contribution in [2.75, 3.05) is 11.5 Å². The molecule has 1 unspecified atom stereocenters. The first-order chi connectivity index (χ1) is 10.1. The molecule has 0 bridgehead atoms. The molecule has 0 aliphatic heterocycles. The summed E-state index contributed by atoms with van der Waals surface area (Å²) in [6.45, 7) is 0.410. The molecule has 1 atom stereocenters. The molecule has 110 valence electrons. The van der Waals surface area contributed by atoms with Gasteiger partial charge in [0.1, 0.15) is 5.75 Å². The maximum absolute atomic E-state index is 12.1. The van der Waals surface area contributed by atoms with Crippen molar-refractivity contribution in [1.82, 2.24) is 5.32 Å². The highest BCUT2D eigenvalue weighted by Crippen LogP contribution is 2.21. The Hall–Kier alpha value is -1.85. The van der Waals surface area contributed by atoms with E-state index in [1.807, 2.05) is 30.3 Å². The van der Waals surface area contributed by atoms with E-state index in [4.69, 9.17) is 17.3 Å². The molecule has 0 heterocycles. The lowest BCUT2D eigenvalue weighted by Crippen LogP contribution is -2.28. The van der Waals surface area contributed by atoms with Crippen LogP contribution in [0.15, 0.2) is 53.4 Å². The molecule has 2 rings (SSSR count). The Balaban J connectivity index is 1.91. The normalized spacial score (nSPS) is 11.9. The van der Waals surface area contributed by atoms with Crippen molar-refractivity contribution in [3.05, 3.63) is 59.1 Å². The smallest absolute Gasteiger partial charge is 0.233 e. The number of hydrogen-bond donors (Lipinski definition) is 2. The lowest BCUT2D eigenvalue weighted by Gasteiger charge is -2.07. The molecule has 21 heavy (non-hydrogen) atoms. The third-order valence-electron chi connectivity index (χ3n) is 2.81. The van der Waals surface area contributed by atoms with Crippen LogP contribution in [0, 0.1) is 0 Å². The van der Waals surface area contributed by atoms with Crippen molar-refractivity contribution < 1.29 is 9.00 Å². The summed E-state index contributed by atoms with van der Waals surface area (Å²) in [5, 5.41) is 3.21. The van der Waals surface area contributed by atoms with E-state index in [9.17, 15) is 9.00 Å². The number of carbonyl (C=O) groups excluding carboxylic acids is 1. The van der Waals surface area contributed by atoms with Gasteiger partial charge in [0.2, 0.25) is 5.91 Å². The zero-order valence-corrected chi connectivity index (χ0v) is 12.8. The lowest BCUT2D eigenvalue weighted by molar-refractivity contribution is -0.118. The van der Waals surface area contributed by atoms with Crippen molar-refractivity contribution in [3.63, 3.8) is 0 Å². The number of nitrogen functional groups attached to an aromatic ring is 1. The molecule has 3 N–H and O–H groups in total. The fraction of sp³-hybridized carbons (Fsp3) is 0.133. The van der Waals surface area contributed by atoms with E-state index in [1.54, 1.807) is 12.1 Å². The number of benzene rings is 2. The van der Waals surface area contributed by atoms with Gasteiger partial charge in [-0.15, -0.1) is 0 Å². The van der Waals surface area contributed by atoms with Gasteiger partial charge in [-0.05, 0) is 23.8 Å². The van der Waals surface area contributed by atoms with Crippen LogP contribution in [-0.4, -0.2) is 15.9 Å². The number of nitrogens with two attached hydrogens (primary N) is 1. The lowest BCUT2D eigenvalue weighted by atomic mass is 10.2. The second-order valence-corrected chi connectivity index (χ2v) is 6.29. The standard InChI is InChI=1S/C15H15ClN2O2S/c16-12-6-7-14(13(17)8-12)21(20)10-15(19)18-9-11-4-2-1-3-5-11/h1-8H,9-10,17H2,(H,18,19). The zero-order valence-electron chi connectivity index (χ0n) is 11.2. The average Bonchev–Trinajstić information content (AvgIpc) is 2.46. The van der Waals surface area contributed by atoms with Gasteiger partial charge < -0.3 is 11.1 Å². The van der Waals surface area contributed by atoms with Gasteiger partial charge in [-0.3, -0.25) is 9.00 Å². The topological polar surface area (TPSA) is 72.2 Å². The zero-order chi connectivity index (χ0) is 15.2. The first kappa shape index (κ1) is 15.5. The van der Waals surface area contributed by atoms with Crippen LogP contribution in [0.5, 0.6) is 0 Å². The molecule has 0 spiro atoms. The second-order valence-electron chi connectivity index (χ2n) is 4.43. The van der Waals surface area contributed by atoms with Crippen molar-refractivity contribution in [1.29, 1.82) is 0 Å². The summed E-state index contributed by atoms with van der Waals surface area (Å²) in [6, 6.07) is 14.2. The van der Waals surface area contributed by atoms with E-state index in [0.29, 0.717) is 22.2 Å². The Morgan fingerprint density at radius 3 is 2.57 bits per heavy atom. The van der Waals surface area contributed by atoms with E-state index < -0.39 is 10.8 Å². The molecule has 0 saturated heterocycles. The van der Waals surface area contributed by atoms with E-state index in [-0.39, 0.29) is 11.7 Å². The number of carbonyl (C=O) groups is 1. The molecule has 1 amide bonds. The molecular formula is C15H15ClN2O2S. The first-order valence-corrected chi connectivity index (χ1v) is 8.00. The summed E-state index contributed by atoms with van der Waals surface area (Å²) in [5.41, 5.74) is 7.07. The highest BCUT2D eigenvalue weighted by atomic mass is 35.5. The predicted molar refractivity (Wildman–Crippen MR) is 85.4 cm³/mol. The molecule has 0 aromatic heterocycles. The van der Waals surface area contributed by atoms with Gasteiger partial charge in [0, 0.05) is 17.3 Å². The maximum Gasteiger partial charge on any atom is 0.233 e. The van der Waals surface area contributed by atoms with Gasteiger partial charge in [0.25, 0.3) is 0 Å². The van der Waals surface area contributed by atoms with Gasteiger partial charge in [-0.25, -0.2) is 0 Å². The van der Waals surface area contributed by atoms with E-state index in [2.05, 4.69) is 5.32 Å². The first-order valence-electron chi connectivity index (χ1n) is 6.30. The van der Waals surface area contributed by atoms with Crippen LogP contribution < -0.4 is 11.1 Å². The third-order valence-corrected chi connectivity index (χ3v) is 4.43. The van der Waals surface area contributed by atoms with Crippen molar-refractivity contribution in [3.8, 4) is 0 Å². The Kier molecular flexibility index (Phi) is 5.36. The van der Waals surface area contributed by atoms with Gasteiger partial charge in [-0.1, -0.05) is 41.9 Å². The number of halogens is 1. The van der Waals surface area contributed by atoms with Gasteiger partial charge in [0.05, 0.1) is 15.7 Å². The van der Waals surface area contributed by atoms with E-state index in [1.165, 1.54) is 6.07 Å². The summed E-state index contributed by atoms with van der Waals surface area (Å²) >= 11 is 5.79. The van der Waals surface area contributed by atoms with E-state index >= 15 is 0 Å². The average molecular weight is 323 g/mol. The summed E-state index contributed by atoms with van der Waals surface area (Å²) in [4.78, 5) is 12.2. The van der Waals surface area contributed by atoms with Crippen LogP contribution in [0.25, 0.3) is 0 Å². The third kappa shape index (κ3) is 4.58. The minimum atomic E-state index is -1.49. The quantitative estimate of drug-likeness (QED) is 0.830. The minimum absolute atomic E-state index is 0.126. The maximum atomic E-state index is 12.1. The molecule has 0 saturated carbocycles. The largest absolute Gasteiger partial charge is 0.398 e. The monoisotopic (exact) mass is 322 g/mol. The van der Waals surface area contributed by atoms with Crippen LogP contribution in [0.1, 0.15) is 5.56 Å². The number of nitrogens with one attached hydrogen (secondary N) is 1. The van der Waals surface area contributed by atoms with Crippen LogP contribution >= 0.6 is 11.6 Å². The van der Waals surface area contributed by atoms with Crippen molar-refractivity contribution in [2.45, 2.75) is 11.4 Å². The Morgan fingerprint density at radius 2 is 1.90 bits per heavy atom. The predicted octanol–water partition coefficient (Wildman–Crippen LogP) is 2.35. The van der Waals surface area contributed by atoms with E-state index in [0.717, 1.165) is 5.56 Å². The molecule has 6 heteroatoms. The van der Waals surface area contributed by atoms with Crippen LogP contribution in [0.3, 0.4) is 0 Å². The molecule has 0 fully saturated rings. The van der Waals surface area contributed by atoms with Gasteiger partial charge >= 0.3 is 0 Å². The molecule has 2 aromatic rings. The fourth-order valence-electron chi connectivity index (χ4n) is 1.77. The molecule has 0 radical (unpaired) electrons. The van der Waals surface area contributed by atoms with Crippen LogP contribution in [0.2, 0.25) is 5.02 Å². The molecule has 0 aliphatic carbocycles. The van der Waals surface area contributed by atoms with Crippen molar-refractivity contribution in [2.24, 2.45) is 0 Å². The van der Waals surface area contributed by atoms with Gasteiger partial charge in [0.15, 0.2) is 0 Å². The highest BCUT2D eigenvalue weighted by molar-refractivity contribution is 7.86. The molecular weight excluding hydrogens is 308 g/mol. The summed E-state index contributed by atoms with van der Waals surface area (Å²) in [5.74, 6) is -0.412. The molecule has 0 aliphatic rings. The Bertz CT molecular complexity index is 662. The number of anilines is 1. The summed E-state index contributed by atoms with van der Waals surface area (Å²) in [7, 11) is -1.49. The van der Waals surface area contributed by atoms with Crippen LogP contribution in [0.4, 0.5) is 5.69 Å². The van der Waals surface area contributed by atoms with Crippen molar-refractivity contribution >= 4 is 34.0 Å². The number of hydrogen-bond acceptors (Lipinski definition) is 3. The Labute approximate surface area is 130 Å². The summed E-state index contributed by atoms with van der Waals surface area (Å²) < 4.78 is 12.1. The fourth-order valence-corrected chi connectivity index (χ4v) is 2.99. The van der Waals surface area contributed by atoms with Gasteiger partial charge in [-0.2, -0.15) is 0 Å². The highest BCUT2D eigenvalue weighted by Gasteiger charge is 2.13. The summed E-state index contributed by atoms with van der Waals surface area (Å²) in [6.07, 6.45) is 0.